The third kappa shape index (κ3) is 4.87. The summed E-state index contributed by atoms with van der Waals surface area (Å²) in [7, 11) is 0. The number of piperidine rings is 1. The molecule has 23 heavy (non-hydrogen) atoms. The zero-order valence-electron chi connectivity index (χ0n) is 13.4. The van der Waals surface area contributed by atoms with E-state index in [2.05, 4.69) is 25.2 Å². The molecule has 0 aliphatic carbocycles. The Hall–Kier alpha value is -1.73. The van der Waals surface area contributed by atoms with Gasteiger partial charge in [-0.2, -0.15) is 0 Å². The molecular weight excluding hydrogens is 308 g/mol. The summed E-state index contributed by atoms with van der Waals surface area (Å²) >= 11 is 1.50. The molecule has 3 rings (SSSR count). The lowest BCUT2D eigenvalue weighted by atomic mass is 10.1. The number of hydrogen-bond donors (Lipinski definition) is 2. The van der Waals surface area contributed by atoms with E-state index in [1.807, 2.05) is 17.8 Å². The van der Waals surface area contributed by atoms with E-state index < -0.39 is 0 Å². The van der Waals surface area contributed by atoms with Gasteiger partial charge in [0.05, 0.1) is 5.69 Å². The van der Waals surface area contributed by atoms with Crippen molar-refractivity contribution in [2.45, 2.75) is 38.6 Å². The molecule has 2 aromatic heterocycles. The van der Waals surface area contributed by atoms with Crippen LogP contribution < -0.4 is 16.0 Å². The number of nitrogens with two attached hydrogens (primary N) is 1. The molecule has 0 spiro atoms. The largest absolute Gasteiger partial charge is 0.375 e. The van der Waals surface area contributed by atoms with Gasteiger partial charge in [0.15, 0.2) is 5.13 Å². The van der Waals surface area contributed by atoms with Crippen LogP contribution >= 0.6 is 11.3 Å². The van der Waals surface area contributed by atoms with Gasteiger partial charge in [-0.1, -0.05) is 0 Å². The minimum atomic E-state index is 0.652. The van der Waals surface area contributed by atoms with E-state index >= 15 is 0 Å². The lowest BCUT2D eigenvalue weighted by Gasteiger charge is -2.26. The molecule has 124 valence electrons. The number of hydrogen-bond acceptors (Lipinski definition) is 7. The maximum absolute atomic E-state index is 5.63. The third-order valence-corrected chi connectivity index (χ3v) is 4.74. The summed E-state index contributed by atoms with van der Waals surface area (Å²) < 4.78 is 0. The summed E-state index contributed by atoms with van der Waals surface area (Å²) in [6.45, 7) is 3.92. The first-order chi connectivity index (χ1) is 11.3. The van der Waals surface area contributed by atoms with Gasteiger partial charge in [-0.15, -0.1) is 11.3 Å². The molecule has 0 unspecified atom stereocenters. The van der Waals surface area contributed by atoms with Crippen LogP contribution in [0.4, 0.5) is 11.1 Å². The first-order valence-corrected chi connectivity index (χ1v) is 9.16. The molecule has 0 atom stereocenters. The Bertz CT molecular complexity index is 591. The summed E-state index contributed by atoms with van der Waals surface area (Å²) in [5, 5.41) is 6.11. The minimum absolute atomic E-state index is 0.652. The summed E-state index contributed by atoms with van der Waals surface area (Å²) in [6.07, 6.45) is 9.71. The molecule has 1 saturated heterocycles. The predicted octanol–water partition coefficient (Wildman–Crippen LogP) is 2.23. The van der Waals surface area contributed by atoms with Gasteiger partial charge in [-0.05, 0) is 38.6 Å². The van der Waals surface area contributed by atoms with E-state index in [0.717, 1.165) is 56.2 Å². The quantitative estimate of drug-likeness (QED) is 0.757. The lowest BCUT2D eigenvalue weighted by molar-refractivity contribution is 0.567. The Morgan fingerprint density at radius 2 is 1.96 bits per heavy atom. The van der Waals surface area contributed by atoms with Gasteiger partial charge in [0.25, 0.3) is 0 Å². The van der Waals surface area contributed by atoms with E-state index in [4.69, 9.17) is 5.73 Å². The zero-order valence-corrected chi connectivity index (χ0v) is 14.2. The fourth-order valence-electron chi connectivity index (χ4n) is 2.76. The average molecular weight is 332 g/mol. The van der Waals surface area contributed by atoms with E-state index in [9.17, 15) is 0 Å². The van der Waals surface area contributed by atoms with Crippen LogP contribution in [-0.4, -0.2) is 34.6 Å². The fraction of sp³-hybridized carbons (Fsp3) is 0.562. The Kier molecular flexibility index (Phi) is 5.76. The topological polar surface area (TPSA) is 80.0 Å². The number of rotatable bonds is 7. The lowest BCUT2D eigenvalue weighted by Crippen LogP contribution is -2.31. The molecule has 1 aliphatic rings. The molecule has 0 aromatic carbocycles. The third-order valence-electron chi connectivity index (χ3n) is 4.02. The van der Waals surface area contributed by atoms with Crippen molar-refractivity contribution in [3.63, 3.8) is 0 Å². The highest BCUT2D eigenvalue weighted by Gasteiger charge is 2.12. The standard InChI is InChI=1S/C16H24N6S/c17-15-21-14(12-23-15)5-4-6-18-9-13-10-19-16(20-11-13)22-7-2-1-3-8-22/h10-12,18H,1-9H2,(H2,17,21). The van der Waals surface area contributed by atoms with Crippen molar-refractivity contribution in [1.82, 2.24) is 20.3 Å². The number of thiazole rings is 1. The monoisotopic (exact) mass is 332 g/mol. The molecular formula is C16H24N6S. The van der Waals surface area contributed by atoms with Crippen LogP contribution in [0, 0.1) is 0 Å². The van der Waals surface area contributed by atoms with Gasteiger partial charge in [-0.3, -0.25) is 0 Å². The smallest absolute Gasteiger partial charge is 0.225 e. The summed E-state index contributed by atoms with van der Waals surface area (Å²) in [6, 6.07) is 0. The first-order valence-electron chi connectivity index (χ1n) is 8.28. The Morgan fingerprint density at radius 1 is 1.17 bits per heavy atom. The molecule has 6 nitrogen and oxygen atoms in total. The zero-order chi connectivity index (χ0) is 15.9. The summed E-state index contributed by atoms with van der Waals surface area (Å²) in [5.74, 6) is 0.870. The Morgan fingerprint density at radius 3 is 2.65 bits per heavy atom. The predicted molar refractivity (Wildman–Crippen MR) is 94.7 cm³/mol. The van der Waals surface area contributed by atoms with Crippen LogP contribution in [0.25, 0.3) is 0 Å². The van der Waals surface area contributed by atoms with Crippen molar-refractivity contribution in [3.05, 3.63) is 29.0 Å². The van der Waals surface area contributed by atoms with Crippen molar-refractivity contribution in [2.75, 3.05) is 30.3 Å². The maximum Gasteiger partial charge on any atom is 0.225 e. The first kappa shape index (κ1) is 16.1. The SMILES string of the molecule is Nc1nc(CCCNCc2cnc(N3CCCCC3)nc2)cs1. The van der Waals surface area contributed by atoms with Gasteiger partial charge in [0.1, 0.15) is 0 Å². The van der Waals surface area contributed by atoms with Crippen molar-refractivity contribution in [3.8, 4) is 0 Å². The number of anilines is 2. The molecule has 3 heterocycles. The van der Waals surface area contributed by atoms with Crippen LogP contribution in [0.2, 0.25) is 0 Å². The van der Waals surface area contributed by atoms with Gasteiger partial charge in [-0.25, -0.2) is 15.0 Å². The molecule has 0 radical (unpaired) electrons. The summed E-state index contributed by atoms with van der Waals surface area (Å²) in [5.41, 5.74) is 7.84. The van der Waals surface area contributed by atoms with Gasteiger partial charge in [0, 0.05) is 43.0 Å². The van der Waals surface area contributed by atoms with Crippen molar-refractivity contribution in [2.24, 2.45) is 0 Å². The van der Waals surface area contributed by atoms with Crippen LogP contribution in [0.3, 0.4) is 0 Å². The molecule has 1 aliphatic heterocycles. The van der Waals surface area contributed by atoms with E-state index in [1.54, 1.807) is 0 Å². The van der Waals surface area contributed by atoms with E-state index in [-0.39, 0.29) is 0 Å². The average Bonchev–Trinajstić information content (AvgIpc) is 3.01. The number of nitrogens with one attached hydrogen (secondary N) is 1. The Labute approximate surface area is 141 Å². The second kappa shape index (κ2) is 8.21. The number of nitrogen functional groups attached to an aromatic ring is 1. The van der Waals surface area contributed by atoms with Crippen molar-refractivity contribution in [1.29, 1.82) is 0 Å². The second-order valence-corrected chi connectivity index (χ2v) is 6.79. The second-order valence-electron chi connectivity index (χ2n) is 5.90. The summed E-state index contributed by atoms with van der Waals surface area (Å²) in [4.78, 5) is 15.6. The molecule has 0 amide bonds. The number of aromatic nitrogens is 3. The minimum Gasteiger partial charge on any atom is -0.375 e. The van der Waals surface area contributed by atoms with Crippen molar-refractivity contribution < 1.29 is 0 Å². The van der Waals surface area contributed by atoms with Crippen LogP contribution in [0.15, 0.2) is 17.8 Å². The van der Waals surface area contributed by atoms with E-state index in [1.165, 1.54) is 30.6 Å². The van der Waals surface area contributed by atoms with Gasteiger partial charge >= 0.3 is 0 Å². The van der Waals surface area contributed by atoms with Crippen LogP contribution in [0.5, 0.6) is 0 Å². The number of aryl methyl sites for hydroxylation is 1. The van der Waals surface area contributed by atoms with E-state index in [0.29, 0.717) is 5.13 Å². The highest BCUT2D eigenvalue weighted by Crippen LogP contribution is 2.15. The van der Waals surface area contributed by atoms with Crippen LogP contribution in [-0.2, 0) is 13.0 Å². The molecule has 3 N–H and O–H groups in total. The number of nitrogens with zero attached hydrogens (tertiary/aromatic N) is 4. The molecule has 0 bridgehead atoms. The van der Waals surface area contributed by atoms with Gasteiger partial charge in [0.2, 0.25) is 5.95 Å². The van der Waals surface area contributed by atoms with Gasteiger partial charge < -0.3 is 16.0 Å². The highest BCUT2D eigenvalue weighted by molar-refractivity contribution is 7.13. The van der Waals surface area contributed by atoms with Crippen LogP contribution in [0.1, 0.15) is 36.9 Å². The molecule has 1 fully saturated rings. The highest BCUT2D eigenvalue weighted by atomic mass is 32.1. The van der Waals surface area contributed by atoms with Crippen molar-refractivity contribution >= 4 is 22.4 Å². The maximum atomic E-state index is 5.63. The molecule has 2 aromatic rings. The molecule has 0 saturated carbocycles. The normalized spacial score (nSPS) is 15.0. The Balaban J connectivity index is 1.36. The molecule has 7 heteroatoms. The fourth-order valence-corrected chi connectivity index (χ4v) is 3.36.